The van der Waals surface area contributed by atoms with Crippen LogP contribution in [0.4, 0.5) is 0 Å². The summed E-state index contributed by atoms with van der Waals surface area (Å²) in [7, 11) is 1.84. The lowest BCUT2D eigenvalue weighted by Crippen LogP contribution is -2.44. The Labute approximate surface area is 125 Å². The van der Waals surface area contributed by atoms with Crippen LogP contribution in [0.2, 0.25) is 0 Å². The molecule has 2 bridgehead atoms. The number of esters is 2. The molecule has 6 atom stereocenters. The lowest BCUT2D eigenvalue weighted by atomic mass is 9.80. The first-order valence-electron chi connectivity index (χ1n) is 7.91. The number of fused-ring (bicyclic) bond motifs is 1. The fourth-order valence-electron chi connectivity index (χ4n) is 4.26. The Balaban J connectivity index is 1.61. The zero-order valence-electron chi connectivity index (χ0n) is 13.2. The summed E-state index contributed by atoms with van der Waals surface area (Å²) in [4.78, 5) is 24.3. The van der Waals surface area contributed by atoms with Gasteiger partial charge in [0.15, 0.2) is 0 Å². The Morgan fingerprint density at radius 3 is 2.86 bits per heavy atom. The van der Waals surface area contributed by atoms with Gasteiger partial charge in [-0.2, -0.15) is 0 Å². The average Bonchev–Trinajstić information content (AvgIpc) is 3.05. The van der Waals surface area contributed by atoms with E-state index in [0.29, 0.717) is 18.4 Å². The summed E-state index contributed by atoms with van der Waals surface area (Å²) in [5.74, 6) is 0.700. The van der Waals surface area contributed by atoms with Gasteiger partial charge in [0, 0.05) is 17.9 Å². The van der Waals surface area contributed by atoms with E-state index in [2.05, 4.69) is 5.32 Å². The second kappa shape index (κ2) is 4.97. The molecule has 5 heteroatoms. The maximum atomic E-state index is 12.3. The lowest BCUT2D eigenvalue weighted by Gasteiger charge is -2.31. The predicted molar refractivity (Wildman–Crippen MR) is 76.3 cm³/mol. The molecular weight excluding hydrogens is 270 g/mol. The molecule has 21 heavy (non-hydrogen) atoms. The second-order valence-electron chi connectivity index (χ2n) is 7.39. The standard InChI is InChI=1S/C16H25NO4/c1-8(17-4)16(2,3)15(19)20-7-11-9-5-10-12(6-9)21-14(18)13(10)11/h8-13,17H,5-7H2,1-4H3. The van der Waals surface area contributed by atoms with Crippen LogP contribution in [0.25, 0.3) is 0 Å². The molecule has 0 aromatic heterocycles. The van der Waals surface area contributed by atoms with E-state index in [1.807, 2.05) is 27.8 Å². The van der Waals surface area contributed by atoms with Crippen LogP contribution in [0.3, 0.4) is 0 Å². The summed E-state index contributed by atoms with van der Waals surface area (Å²) in [5.41, 5.74) is -0.578. The minimum atomic E-state index is -0.578. The molecule has 0 radical (unpaired) electrons. The molecule has 6 unspecified atom stereocenters. The van der Waals surface area contributed by atoms with Crippen molar-refractivity contribution in [1.29, 1.82) is 0 Å². The van der Waals surface area contributed by atoms with E-state index in [9.17, 15) is 9.59 Å². The smallest absolute Gasteiger partial charge is 0.313 e. The summed E-state index contributed by atoms with van der Waals surface area (Å²) in [5, 5.41) is 3.10. The Bertz CT molecular complexity index is 459. The first-order chi connectivity index (χ1) is 9.86. The van der Waals surface area contributed by atoms with Gasteiger partial charge in [-0.25, -0.2) is 0 Å². The first kappa shape index (κ1) is 14.8. The molecule has 1 saturated heterocycles. The zero-order valence-corrected chi connectivity index (χ0v) is 13.2. The molecule has 2 saturated carbocycles. The van der Waals surface area contributed by atoms with Crippen LogP contribution in [0.5, 0.6) is 0 Å². The van der Waals surface area contributed by atoms with Crippen molar-refractivity contribution in [3.63, 3.8) is 0 Å². The van der Waals surface area contributed by atoms with Crippen molar-refractivity contribution in [1.82, 2.24) is 5.32 Å². The van der Waals surface area contributed by atoms with Crippen molar-refractivity contribution in [2.75, 3.05) is 13.7 Å². The zero-order chi connectivity index (χ0) is 15.4. The van der Waals surface area contributed by atoms with Gasteiger partial charge in [-0.15, -0.1) is 0 Å². The van der Waals surface area contributed by atoms with E-state index < -0.39 is 5.41 Å². The third kappa shape index (κ3) is 2.17. The van der Waals surface area contributed by atoms with E-state index in [0.717, 1.165) is 12.8 Å². The number of nitrogens with one attached hydrogen (secondary N) is 1. The highest BCUT2D eigenvalue weighted by Gasteiger charge is 2.62. The van der Waals surface area contributed by atoms with Crippen LogP contribution >= 0.6 is 0 Å². The van der Waals surface area contributed by atoms with E-state index in [1.54, 1.807) is 0 Å². The number of hydrogen-bond donors (Lipinski definition) is 1. The van der Waals surface area contributed by atoms with Gasteiger partial charge in [-0.1, -0.05) is 0 Å². The molecule has 0 amide bonds. The molecular formula is C16H25NO4. The van der Waals surface area contributed by atoms with E-state index >= 15 is 0 Å². The number of hydrogen-bond acceptors (Lipinski definition) is 5. The van der Waals surface area contributed by atoms with Crippen LogP contribution in [0.1, 0.15) is 33.6 Å². The number of rotatable bonds is 5. The molecule has 3 aliphatic rings. The fourth-order valence-corrected chi connectivity index (χ4v) is 4.26. The minimum absolute atomic E-state index is 0.0332. The van der Waals surface area contributed by atoms with Crippen molar-refractivity contribution in [3.05, 3.63) is 0 Å². The van der Waals surface area contributed by atoms with E-state index in [1.165, 1.54) is 0 Å². The topological polar surface area (TPSA) is 64.6 Å². The van der Waals surface area contributed by atoms with Crippen LogP contribution in [-0.4, -0.2) is 37.7 Å². The summed E-state index contributed by atoms with van der Waals surface area (Å²) >= 11 is 0. The third-order valence-corrected chi connectivity index (χ3v) is 6.10. The van der Waals surface area contributed by atoms with Crippen LogP contribution < -0.4 is 5.32 Å². The fraction of sp³-hybridized carbons (Fsp3) is 0.875. The molecule has 3 rings (SSSR count). The Morgan fingerprint density at radius 2 is 2.19 bits per heavy atom. The Kier molecular flexibility index (Phi) is 3.51. The molecule has 118 valence electrons. The van der Waals surface area contributed by atoms with Gasteiger partial charge in [0.05, 0.1) is 17.9 Å². The van der Waals surface area contributed by atoms with Crippen molar-refractivity contribution in [2.45, 2.75) is 45.8 Å². The summed E-state index contributed by atoms with van der Waals surface area (Å²) in [6, 6.07) is 0.0332. The van der Waals surface area contributed by atoms with Gasteiger partial charge in [0.2, 0.25) is 0 Å². The summed E-state index contributed by atoms with van der Waals surface area (Å²) < 4.78 is 11.0. The largest absolute Gasteiger partial charge is 0.465 e. The van der Waals surface area contributed by atoms with Crippen LogP contribution in [0.15, 0.2) is 0 Å². The molecule has 2 aliphatic carbocycles. The molecule has 0 aromatic rings. The predicted octanol–water partition coefficient (Wildman–Crippen LogP) is 1.36. The molecule has 5 nitrogen and oxygen atoms in total. The maximum absolute atomic E-state index is 12.3. The van der Waals surface area contributed by atoms with Crippen molar-refractivity contribution < 1.29 is 19.1 Å². The van der Waals surface area contributed by atoms with E-state index in [-0.39, 0.29) is 35.9 Å². The highest BCUT2D eigenvalue weighted by Crippen LogP contribution is 2.57. The molecule has 1 heterocycles. The van der Waals surface area contributed by atoms with Gasteiger partial charge in [-0.3, -0.25) is 9.59 Å². The number of carbonyl (C=O) groups is 2. The molecule has 0 aromatic carbocycles. The molecule has 1 aliphatic heterocycles. The van der Waals surface area contributed by atoms with Crippen molar-refractivity contribution >= 4 is 11.9 Å². The number of carbonyl (C=O) groups excluding carboxylic acids is 2. The van der Waals surface area contributed by atoms with Gasteiger partial charge in [0.1, 0.15) is 6.10 Å². The SMILES string of the molecule is CNC(C)C(C)(C)C(=O)OCC1C2CC3OC(=O)C1C3C2. The quantitative estimate of drug-likeness (QED) is 0.776. The van der Waals surface area contributed by atoms with Crippen molar-refractivity contribution in [2.24, 2.45) is 29.1 Å². The highest BCUT2D eigenvalue weighted by atomic mass is 16.6. The summed E-state index contributed by atoms with van der Waals surface area (Å²) in [6.45, 7) is 6.10. The van der Waals surface area contributed by atoms with E-state index in [4.69, 9.17) is 9.47 Å². The molecule has 3 fully saturated rings. The normalized spacial score (nSPS) is 38.5. The number of ether oxygens (including phenoxy) is 2. The Hall–Kier alpha value is -1.10. The van der Waals surface area contributed by atoms with Crippen molar-refractivity contribution in [3.8, 4) is 0 Å². The van der Waals surface area contributed by atoms with Gasteiger partial charge >= 0.3 is 11.9 Å². The van der Waals surface area contributed by atoms with Gasteiger partial charge in [0.25, 0.3) is 0 Å². The lowest BCUT2D eigenvalue weighted by molar-refractivity contribution is -0.159. The van der Waals surface area contributed by atoms with Crippen LogP contribution in [-0.2, 0) is 19.1 Å². The highest BCUT2D eigenvalue weighted by molar-refractivity contribution is 5.78. The van der Waals surface area contributed by atoms with Gasteiger partial charge in [-0.05, 0) is 46.6 Å². The van der Waals surface area contributed by atoms with Crippen LogP contribution in [0, 0.1) is 29.1 Å². The first-order valence-corrected chi connectivity index (χ1v) is 7.91. The second-order valence-corrected chi connectivity index (χ2v) is 7.39. The maximum Gasteiger partial charge on any atom is 0.313 e. The summed E-state index contributed by atoms with van der Waals surface area (Å²) in [6.07, 6.45) is 2.14. The Morgan fingerprint density at radius 1 is 1.48 bits per heavy atom. The molecule has 0 spiro atoms. The monoisotopic (exact) mass is 295 g/mol. The average molecular weight is 295 g/mol. The van der Waals surface area contributed by atoms with Gasteiger partial charge < -0.3 is 14.8 Å². The third-order valence-electron chi connectivity index (χ3n) is 6.10. The minimum Gasteiger partial charge on any atom is -0.465 e. The molecule has 1 N–H and O–H groups in total.